The highest BCUT2D eigenvalue weighted by molar-refractivity contribution is 6.08. The van der Waals surface area contributed by atoms with Gasteiger partial charge in [0, 0.05) is 12.1 Å². The zero-order chi connectivity index (χ0) is 18.7. The number of benzene rings is 1. The molecule has 9 heteroatoms. The van der Waals surface area contributed by atoms with Crippen molar-refractivity contribution in [1.82, 2.24) is 20.4 Å². The third kappa shape index (κ3) is 3.15. The summed E-state index contributed by atoms with van der Waals surface area (Å²) in [6, 6.07) is 4.96. The molecule has 0 fully saturated rings. The van der Waals surface area contributed by atoms with Gasteiger partial charge in [-0.1, -0.05) is 6.07 Å². The number of nitrogens with one attached hydrogen (secondary N) is 3. The number of hydrogen-bond donors (Lipinski definition) is 3. The van der Waals surface area contributed by atoms with E-state index >= 15 is 0 Å². The lowest BCUT2D eigenvalue weighted by atomic mass is 10.1. The van der Waals surface area contributed by atoms with Gasteiger partial charge in [0.05, 0.1) is 33.0 Å². The third-order valence-electron chi connectivity index (χ3n) is 4.15. The number of nitrogens with zero attached hydrogens (tertiary/aromatic N) is 2. The highest BCUT2D eigenvalue weighted by atomic mass is 16.5. The van der Waals surface area contributed by atoms with E-state index in [9.17, 15) is 9.59 Å². The predicted octanol–water partition coefficient (Wildman–Crippen LogP) is 1.72. The molecule has 1 aliphatic rings. The van der Waals surface area contributed by atoms with Crippen LogP contribution in [0.1, 0.15) is 28.5 Å². The number of aromatic nitrogens is 2. The van der Waals surface area contributed by atoms with E-state index < -0.39 is 0 Å². The first-order valence-electron chi connectivity index (χ1n) is 8.20. The molecular formula is C17H21N5O4. The van der Waals surface area contributed by atoms with Crippen molar-refractivity contribution in [2.75, 3.05) is 26.1 Å². The molecule has 0 unspecified atom stereocenters. The summed E-state index contributed by atoms with van der Waals surface area (Å²) in [6.07, 6.45) is 0. The van der Waals surface area contributed by atoms with E-state index in [2.05, 4.69) is 20.8 Å². The molecule has 3 rings (SSSR count). The van der Waals surface area contributed by atoms with Crippen molar-refractivity contribution in [3.05, 3.63) is 35.0 Å². The lowest BCUT2D eigenvalue weighted by Gasteiger charge is -2.16. The number of ether oxygens (including phenoxy) is 2. The monoisotopic (exact) mass is 359 g/mol. The van der Waals surface area contributed by atoms with E-state index in [0.29, 0.717) is 42.5 Å². The van der Waals surface area contributed by atoms with Crippen LogP contribution in [0.4, 0.5) is 10.6 Å². The summed E-state index contributed by atoms with van der Waals surface area (Å²) >= 11 is 0. The van der Waals surface area contributed by atoms with Gasteiger partial charge in [0.1, 0.15) is 22.9 Å². The first-order valence-corrected chi connectivity index (χ1v) is 8.20. The van der Waals surface area contributed by atoms with E-state index in [0.717, 1.165) is 11.3 Å². The zero-order valence-corrected chi connectivity index (χ0v) is 14.9. The molecule has 3 amide bonds. The number of fused-ring (bicyclic) bond motifs is 1. The molecule has 26 heavy (non-hydrogen) atoms. The van der Waals surface area contributed by atoms with Crippen LogP contribution in [-0.4, -0.2) is 47.8 Å². The number of carbonyl (C=O) groups excluding carboxylic acids is 2. The number of rotatable bonds is 5. The van der Waals surface area contributed by atoms with Crippen LogP contribution in [0.2, 0.25) is 0 Å². The van der Waals surface area contributed by atoms with Gasteiger partial charge in [0.2, 0.25) is 0 Å². The van der Waals surface area contributed by atoms with Crippen LogP contribution in [0.5, 0.6) is 11.5 Å². The minimum absolute atomic E-state index is 0.158. The number of methoxy groups -OCH3 is 2. The number of anilines is 1. The molecule has 0 saturated heterocycles. The Labute approximate surface area is 150 Å². The Balaban J connectivity index is 1.81. The first kappa shape index (κ1) is 17.6. The lowest BCUT2D eigenvalue weighted by molar-refractivity contribution is 0.102. The van der Waals surface area contributed by atoms with Crippen LogP contribution in [0.3, 0.4) is 0 Å². The van der Waals surface area contributed by atoms with Crippen molar-refractivity contribution in [2.45, 2.75) is 20.0 Å². The van der Waals surface area contributed by atoms with Gasteiger partial charge in [-0.15, -0.1) is 0 Å². The lowest BCUT2D eigenvalue weighted by Crippen LogP contribution is -2.36. The quantitative estimate of drug-likeness (QED) is 0.753. The molecule has 0 aliphatic carbocycles. The van der Waals surface area contributed by atoms with Crippen molar-refractivity contribution in [3.63, 3.8) is 0 Å². The maximum Gasteiger partial charge on any atom is 0.318 e. The minimum atomic E-state index is -0.387. The van der Waals surface area contributed by atoms with Crippen LogP contribution in [0.15, 0.2) is 18.2 Å². The zero-order valence-electron chi connectivity index (χ0n) is 14.9. The van der Waals surface area contributed by atoms with Crippen LogP contribution in [0.25, 0.3) is 0 Å². The molecule has 1 aromatic carbocycles. The number of urea groups is 1. The fraction of sp³-hybridized carbons (Fsp3) is 0.353. The van der Waals surface area contributed by atoms with Gasteiger partial charge in [-0.2, -0.15) is 5.10 Å². The molecule has 0 spiro atoms. The Morgan fingerprint density at radius 1 is 1.23 bits per heavy atom. The van der Waals surface area contributed by atoms with Crippen LogP contribution >= 0.6 is 0 Å². The maximum absolute atomic E-state index is 12.8. The second kappa shape index (κ2) is 7.34. The first-order chi connectivity index (χ1) is 12.6. The number of H-pyrrole nitrogens is 1. The molecular weight excluding hydrogens is 338 g/mol. The predicted molar refractivity (Wildman–Crippen MR) is 94.4 cm³/mol. The summed E-state index contributed by atoms with van der Waals surface area (Å²) in [4.78, 5) is 26.4. The van der Waals surface area contributed by atoms with E-state index in [1.807, 2.05) is 6.92 Å². The average Bonchev–Trinajstić information content (AvgIpc) is 3.23. The van der Waals surface area contributed by atoms with Gasteiger partial charge in [0.15, 0.2) is 0 Å². The third-order valence-corrected chi connectivity index (χ3v) is 4.15. The highest BCUT2D eigenvalue weighted by Gasteiger charge is 2.29. The summed E-state index contributed by atoms with van der Waals surface area (Å²) < 4.78 is 10.5. The SMILES string of the molecule is CCNC(=O)N1Cc2n[nH]c(NC(=O)c3c(OC)cccc3OC)c2C1. The van der Waals surface area contributed by atoms with Gasteiger partial charge >= 0.3 is 6.03 Å². The van der Waals surface area contributed by atoms with Crippen LogP contribution < -0.4 is 20.1 Å². The van der Waals surface area contributed by atoms with Gasteiger partial charge in [0.25, 0.3) is 5.91 Å². The number of carbonyl (C=O) groups is 2. The fourth-order valence-electron chi connectivity index (χ4n) is 2.89. The molecule has 0 saturated carbocycles. The molecule has 1 aliphatic heterocycles. The molecule has 0 bridgehead atoms. The van der Waals surface area contributed by atoms with E-state index in [4.69, 9.17) is 9.47 Å². The Morgan fingerprint density at radius 2 is 1.92 bits per heavy atom. The van der Waals surface area contributed by atoms with E-state index in [1.54, 1.807) is 23.1 Å². The second-order valence-corrected chi connectivity index (χ2v) is 5.71. The molecule has 138 valence electrons. The minimum Gasteiger partial charge on any atom is -0.496 e. The van der Waals surface area contributed by atoms with E-state index in [-0.39, 0.29) is 11.9 Å². The fourth-order valence-corrected chi connectivity index (χ4v) is 2.89. The van der Waals surface area contributed by atoms with Crippen molar-refractivity contribution in [2.24, 2.45) is 0 Å². The number of amides is 3. The molecule has 0 atom stereocenters. The largest absolute Gasteiger partial charge is 0.496 e. The maximum atomic E-state index is 12.8. The highest BCUT2D eigenvalue weighted by Crippen LogP contribution is 2.31. The summed E-state index contributed by atoms with van der Waals surface area (Å²) in [5.74, 6) is 0.885. The number of aromatic amines is 1. The average molecular weight is 359 g/mol. The molecule has 2 aromatic rings. The standard InChI is InChI=1S/C17H21N5O4/c1-4-18-17(24)22-8-10-11(9-22)20-21-15(10)19-16(23)14-12(25-2)6-5-7-13(14)26-3/h5-7H,4,8-9H2,1-3H3,(H,18,24)(H2,19,20,21,23). The summed E-state index contributed by atoms with van der Waals surface area (Å²) in [5.41, 5.74) is 1.82. The van der Waals surface area contributed by atoms with E-state index in [1.165, 1.54) is 14.2 Å². The Morgan fingerprint density at radius 3 is 2.54 bits per heavy atom. The van der Waals surface area contributed by atoms with Gasteiger partial charge < -0.3 is 25.0 Å². The summed E-state index contributed by atoms with van der Waals surface area (Å²) in [7, 11) is 2.98. The molecule has 3 N–H and O–H groups in total. The Bertz CT molecular complexity index is 810. The Hall–Kier alpha value is -3.23. The van der Waals surface area contributed by atoms with Crippen molar-refractivity contribution < 1.29 is 19.1 Å². The smallest absolute Gasteiger partial charge is 0.318 e. The van der Waals surface area contributed by atoms with Gasteiger partial charge in [-0.25, -0.2) is 4.79 Å². The molecule has 0 radical (unpaired) electrons. The normalized spacial score (nSPS) is 12.5. The topological polar surface area (TPSA) is 109 Å². The van der Waals surface area contributed by atoms with Crippen molar-refractivity contribution in [1.29, 1.82) is 0 Å². The summed E-state index contributed by atoms with van der Waals surface area (Å²) in [6.45, 7) is 3.18. The Kier molecular flexibility index (Phi) is 4.97. The molecule has 9 nitrogen and oxygen atoms in total. The van der Waals surface area contributed by atoms with Gasteiger partial charge in [-0.3, -0.25) is 9.89 Å². The van der Waals surface area contributed by atoms with Gasteiger partial charge in [-0.05, 0) is 19.1 Å². The summed E-state index contributed by atoms with van der Waals surface area (Å²) in [5, 5.41) is 12.6. The van der Waals surface area contributed by atoms with Crippen molar-refractivity contribution in [3.8, 4) is 11.5 Å². The molecule has 2 heterocycles. The van der Waals surface area contributed by atoms with Crippen LogP contribution in [-0.2, 0) is 13.1 Å². The second-order valence-electron chi connectivity index (χ2n) is 5.71. The molecule has 1 aromatic heterocycles. The van der Waals surface area contributed by atoms with Crippen LogP contribution in [0, 0.1) is 0 Å². The number of hydrogen-bond acceptors (Lipinski definition) is 5. The van der Waals surface area contributed by atoms with Crippen molar-refractivity contribution >= 4 is 17.8 Å².